The van der Waals surface area contributed by atoms with Gasteiger partial charge in [0.25, 0.3) is 0 Å². The van der Waals surface area contributed by atoms with E-state index < -0.39 is 20.0 Å². The summed E-state index contributed by atoms with van der Waals surface area (Å²) in [7, 11) is 1.58. The molecule has 87 heavy (non-hydrogen) atoms. The molecule has 0 radical (unpaired) electrons. The summed E-state index contributed by atoms with van der Waals surface area (Å²) in [5.74, 6) is -0.175. The maximum atomic E-state index is 13.1. The molecule has 0 fully saturated rings. The molecule has 0 saturated carbocycles. The zero-order valence-corrected chi connectivity index (χ0v) is 58.9. The van der Waals surface area contributed by atoms with E-state index in [1.807, 2.05) is 27.2 Å². The van der Waals surface area contributed by atoms with E-state index in [9.17, 15) is 19.4 Å². The van der Waals surface area contributed by atoms with Crippen molar-refractivity contribution >= 4 is 13.7 Å². The summed E-state index contributed by atoms with van der Waals surface area (Å²) < 4.78 is 23.9. The van der Waals surface area contributed by atoms with E-state index in [1.165, 1.54) is 238 Å². The van der Waals surface area contributed by atoms with Crippen LogP contribution in [0.25, 0.3) is 0 Å². The van der Waals surface area contributed by atoms with E-state index in [-0.39, 0.29) is 19.1 Å². The van der Waals surface area contributed by atoms with Gasteiger partial charge in [0, 0.05) is 6.42 Å². The Labute approximate surface area is 540 Å². The zero-order valence-electron chi connectivity index (χ0n) is 58.0. The quantitative estimate of drug-likeness (QED) is 0.0243. The summed E-state index contributed by atoms with van der Waals surface area (Å²) in [5.41, 5.74) is 0. The smallest absolute Gasteiger partial charge is 0.387 e. The van der Waals surface area contributed by atoms with Crippen molar-refractivity contribution in [3.8, 4) is 0 Å². The lowest BCUT2D eigenvalue weighted by atomic mass is 10.0. The number of phosphoric ester groups is 1. The minimum absolute atomic E-state index is 0.0596. The first-order valence-electron chi connectivity index (χ1n) is 37.1. The summed E-state index contributed by atoms with van der Waals surface area (Å²) in [6.45, 7) is 4.74. The Morgan fingerprint density at radius 3 is 1.01 bits per heavy atom. The number of hydrogen-bond donors (Lipinski definition) is 3. The van der Waals surface area contributed by atoms with Crippen LogP contribution < -0.4 is 5.32 Å². The normalized spacial score (nSPS) is 14.1. The number of rotatable bonds is 68. The molecule has 0 bridgehead atoms. The number of aliphatic hydroxyl groups excluding tert-OH is 1. The van der Waals surface area contributed by atoms with Crippen LogP contribution in [0.1, 0.15) is 341 Å². The first-order valence-corrected chi connectivity index (χ1v) is 38.6. The number of carbonyl (C=O) groups excluding carboxylic acids is 1. The molecule has 0 heterocycles. The minimum atomic E-state index is -4.36. The van der Waals surface area contributed by atoms with Crippen molar-refractivity contribution in [3.63, 3.8) is 0 Å². The molecule has 0 rings (SSSR count). The second kappa shape index (κ2) is 67.8. The Bertz CT molecular complexity index is 1740. The van der Waals surface area contributed by atoms with Crippen molar-refractivity contribution in [3.05, 3.63) is 97.2 Å². The largest absolute Gasteiger partial charge is 0.472 e. The lowest BCUT2D eigenvalue weighted by molar-refractivity contribution is -0.870. The maximum absolute atomic E-state index is 13.1. The van der Waals surface area contributed by atoms with Crippen LogP contribution in [0.3, 0.4) is 0 Å². The zero-order chi connectivity index (χ0) is 63.4. The van der Waals surface area contributed by atoms with Gasteiger partial charge in [-0.1, -0.05) is 355 Å². The molecule has 0 saturated heterocycles. The summed E-state index contributed by atoms with van der Waals surface area (Å²) in [4.78, 5) is 23.5. The number of hydrogen-bond acceptors (Lipinski definition) is 5. The van der Waals surface area contributed by atoms with E-state index in [4.69, 9.17) is 9.05 Å². The van der Waals surface area contributed by atoms with Gasteiger partial charge in [-0.25, -0.2) is 4.57 Å². The van der Waals surface area contributed by atoms with Crippen molar-refractivity contribution in [2.45, 2.75) is 353 Å². The standard InChI is InChI=1S/C78H143N2O6P/c1-6-8-10-12-14-16-18-20-22-24-26-28-30-32-34-36-37-38-39-40-41-42-43-44-46-48-50-52-54-56-58-60-62-64-66-68-70-72-78(82)79-76(75-86-87(83,84)85-74-73-80(3,4)5)77(81)71-69-67-65-63-61-59-57-55-53-51-49-47-45-35-33-31-29-27-25-23-21-19-17-15-13-11-9-7-2/h8,10,14,16,20,22,26,28,32,34,37-38,40-41,69,71,76-77,81H,6-7,9,11-13,15,17-19,21,23-25,27,29-31,33,35-36,39,42-68,70,72-75H2,1-5H3,(H-,79,82,83,84)/p+1/b10-8-,16-14-,22-20-,28-26-,34-32-,38-37-,41-40-,71-69+. The van der Waals surface area contributed by atoms with Gasteiger partial charge in [-0.05, 0) is 77.0 Å². The first-order chi connectivity index (χ1) is 42.5. The molecular weight excluding hydrogens is 1090 g/mol. The van der Waals surface area contributed by atoms with Crippen LogP contribution in [-0.4, -0.2) is 73.4 Å². The van der Waals surface area contributed by atoms with Gasteiger partial charge in [0.1, 0.15) is 13.2 Å². The Balaban J connectivity index is 4.04. The predicted molar refractivity (Wildman–Crippen MR) is 383 cm³/mol. The molecular formula is C78H144N2O6P+. The molecule has 0 aliphatic carbocycles. The summed E-state index contributed by atoms with van der Waals surface area (Å²) in [5, 5.41) is 14.0. The van der Waals surface area contributed by atoms with Crippen molar-refractivity contribution in [1.29, 1.82) is 0 Å². The van der Waals surface area contributed by atoms with E-state index >= 15 is 0 Å². The molecule has 3 N–H and O–H groups in total. The molecule has 0 spiro atoms. The maximum Gasteiger partial charge on any atom is 0.472 e. The second-order valence-electron chi connectivity index (χ2n) is 26.3. The summed E-state index contributed by atoms with van der Waals surface area (Å²) >= 11 is 0. The minimum Gasteiger partial charge on any atom is -0.387 e. The first kappa shape index (κ1) is 84.4. The highest BCUT2D eigenvalue weighted by Crippen LogP contribution is 2.43. The summed E-state index contributed by atoms with van der Waals surface area (Å²) in [6, 6.07) is -0.853. The fourth-order valence-electron chi connectivity index (χ4n) is 10.9. The van der Waals surface area contributed by atoms with Crippen LogP contribution in [0.15, 0.2) is 97.2 Å². The number of likely N-dealkylation sites (N-methyl/N-ethyl adjacent to an activating group) is 1. The van der Waals surface area contributed by atoms with Gasteiger partial charge in [-0.15, -0.1) is 0 Å². The van der Waals surface area contributed by atoms with Crippen LogP contribution in [-0.2, 0) is 18.4 Å². The number of nitrogens with zero attached hydrogens (tertiary/aromatic N) is 1. The Morgan fingerprint density at radius 2 is 0.690 bits per heavy atom. The van der Waals surface area contributed by atoms with E-state index in [1.54, 1.807) is 6.08 Å². The molecule has 9 heteroatoms. The van der Waals surface area contributed by atoms with Crippen LogP contribution in [0, 0.1) is 0 Å². The van der Waals surface area contributed by atoms with Crippen LogP contribution in [0.5, 0.6) is 0 Å². The average Bonchev–Trinajstić information content (AvgIpc) is 3.70. The second-order valence-corrected chi connectivity index (χ2v) is 27.7. The molecule has 506 valence electrons. The fraction of sp³-hybridized carbons (Fsp3) is 0.782. The van der Waals surface area contributed by atoms with E-state index in [0.29, 0.717) is 17.4 Å². The highest BCUT2D eigenvalue weighted by molar-refractivity contribution is 7.47. The molecule has 0 aliphatic heterocycles. The van der Waals surface area contributed by atoms with Gasteiger partial charge in [0.2, 0.25) is 5.91 Å². The number of phosphoric acid groups is 1. The Morgan fingerprint density at radius 1 is 0.402 bits per heavy atom. The fourth-order valence-corrected chi connectivity index (χ4v) is 11.6. The van der Waals surface area contributed by atoms with Crippen molar-refractivity contribution < 1.29 is 32.9 Å². The van der Waals surface area contributed by atoms with Crippen LogP contribution in [0.2, 0.25) is 0 Å². The van der Waals surface area contributed by atoms with Gasteiger partial charge in [0.15, 0.2) is 0 Å². The van der Waals surface area contributed by atoms with E-state index in [2.05, 4.69) is 104 Å². The summed E-state index contributed by atoms with van der Waals surface area (Å²) in [6.07, 6.45) is 98.5. The van der Waals surface area contributed by atoms with Gasteiger partial charge in [-0.3, -0.25) is 13.8 Å². The van der Waals surface area contributed by atoms with Crippen molar-refractivity contribution in [1.82, 2.24) is 5.32 Å². The molecule has 0 aromatic heterocycles. The lowest BCUT2D eigenvalue weighted by Gasteiger charge is -2.25. The number of amides is 1. The van der Waals surface area contributed by atoms with E-state index in [0.717, 1.165) is 83.5 Å². The highest BCUT2D eigenvalue weighted by Gasteiger charge is 2.28. The number of nitrogens with one attached hydrogen (secondary N) is 1. The van der Waals surface area contributed by atoms with Gasteiger partial charge in [-0.2, -0.15) is 0 Å². The third kappa shape index (κ3) is 70.7. The number of allylic oxidation sites excluding steroid dienone is 15. The number of aliphatic hydroxyl groups is 1. The molecule has 0 aliphatic rings. The predicted octanol–water partition coefficient (Wildman–Crippen LogP) is 24.1. The number of carbonyl (C=O) groups is 1. The molecule has 8 nitrogen and oxygen atoms in total. The van der Waals surface area contributed by atoms with Gasteiger partial charge < -0.3 is 19.8 Å². The Hall–Kier alpha value is -2.58. The highest BCUT2D eigenvalue weighted by atomic mass is 31.2. The molecule has 0 aromatic rings. The molecule has 3 unspecified atom stereocenters. The van der Waals surface area contributed by atoms with Crippen LogP contribution in [0.4, 0.5) is 0 Å². The average molecular weight is 1240 g/mol. The van der Waals surface area contributed by atoms with Crippen LogP contribution >= 0.6 is 7.82 Å². The van der Waals surface area contributed by atoms with Crippen molar-refractivity contribution in [2.75, 3.05) is 40.9 Å². The third-order valence-electron chi connectivity index (χ3n) is 16.6. The monoisotopic (exact) mass is 1240 g/mol. The third-order valence-corrected chi connectivity index (χ3v) is 17.5. The molecule has 3 atom stereocenters. The molecule has 1 amide bonds. The Kier molecular flexibility index (Phi) is 65.8. The number of unbranched alkanes of at least 4 members (excludes halogenated alkanes) is 41. The topological polar surface area (TPSA) is 105 Å². The SMILES string of the molecule is CC/C=C\C/C=C\C/C=C\C/C=C\C/C=C\C/C=C\C/C=C\CCCCCCCCCCCCCCCCCC(=O)NC(COP(=O)(O)OCC[N+](C)(C)C)C(O)/C=C/CCCCCCCCCCCCCCCCCCCCCCCCCCCC. The number of quaternary nitrogens is 1. The molecule has 0 aromatic carbocycles. The van der Waals surface area contributed by atoms with Crippen molar-refractivity contribution in [2.24, 2.45) is 0 Å². The van der Waals surface area contributed by atoms with Gasteiger partial charge >= 0.3 is 7.82 Å². The lowest BCUT2D eigenvalue weighted by Crippen LogP contribution is -2.45. The van der Waals surface area contributed by atoms with Gasteiger partial charge in [0.05, 0.1) is 39.9 Å².